The maximum Gasteiger partial charge on any atom is 0.492 e. The number of ether oxygens (including phenoxy) is 2. The van der Waals surface area contributed by atoms with Crippen molar-refractivity contribution in [1.82, 2.24) is 0 Å². The topological polar surface area (TPSA) is 58.9 Å². The number of hydrogen-bond donors (Lipinski definition) is 2. The molecule has 4 nitrogen and oxygen atoms in total. The fourth-order valence-corrected chi connectivity index (χ4v) is 2.02. The molecule has 0 amide bonds. The number of benzene rings is 2. The van der Waals surface area contributed by atoms with Gasteiger partial charge in [-0.05, 0) is 30.3 Å². The summed E-state index contributed by atoms with van der Waals surface area (Å²) in [6.07, 6.45) is 0. The van der Waals surface area contributed by atoms with Crippen LogP contribution in [0.25, 0.3) is 0 Å². The van der Waals surface area contributed by atoms with Crippen LogP contribution in [0.1, 0.15) is 5.56 Å². The molecule has 0 saturated heterocycles. The molecule has 0 aliphatic heterocycles. The molecule has 0 unspecified atom stereocenters. The maximum atomic E-state index is 13.6. The van der Waals surface area contributed by atoms with Gasteiger partial charge in [-0.1, -0.05) is 17.7 Å². The summed E-state index contributed by atoms with van der Waals surface area (Å²) in [5, 5.41) is 18.9. The van der Waals surface area contributed by atoms with Gasteiger partial charge in [0.25, 0.3) is 0 Å². The van der Waals surface area contributed by atoms with Crippen LogP contribution < -0.4 is 14.9 Å². The SMILES string of the molecule is COc1ccc(OCc2c(F)cccc2Cl)c(B(O)O)c1. The zero-order chi connectivity index (χ0) is 15.4. The third-order valence-electron chi connectivity index (χ3n) is 2.93. The summed E-state index contributed by atoms with van der Waals surface area (Å²) in [7, 11) is -0.270. The summed E-state index contributed by atoms with van der Waals surface area (Å²) in [4.78, 5) is 0. The van der Waals surface area contributed by atoms with E-state index in [-0.39, 0.29) is 28.4 Å². The molecule has 0 aromatic heterocycles. The van der Waals surface area contributed by atoms with Crippen molar-refractivity contribution in [3.63, 3.8) is 0 Å². The molecular formula is C14H13BClFO4. The minimum atomic E-state index is -1.73. The van der Waals surface area contributed by atoms with Crippen LogP contribution in [-0.4, -0.2) is 24.3 Å². The third kappa shape index (κ3) is 3.67. The van der Waals surface area contributed by atoms with E-state index in [0.717, 1.165) is 0 Å². The second-order valence-electron chi connectivity index (χ2n) is 4.27. The molecular weight excluding hydrogens is 297 g/mol. The summed E-state index contributed by atoms with van der Waals surface area (Å²) >= 11 is 5.91. The van der Waals surface area contributed by atoms with E-state index in [0.29, 0.717) is 5.75 Å². The molecule has 7 heteroatoms. The van der Waals surface area contributed by atoms with Crippen LogP contribution in [0.15, 0.2) is 36.4 Å². The van der Waals surface area contributed by atoms with Crippen molar-refractivity contribution in [1.29, 1.82) is 0 Å². The Morgan fingerprint density at radius 2 is 2.00 bits per heavy atom. The van der Waals surface area contributed by atoms with E-state index < -0.39 is 12.9 Å². The van der Waals surface area contributed by atoms with Crippen molar-refractivity contribution < 1.29 is 23.9 Å². The van der Waals surface area contributed by atoms with Crippen molar-refractivity contribution in [2.45, 2.75) is 6.61 Å². The van der Waals surface area contributed by atoms with Crippen LogP contribution >= 0.6 is 11.6 Å². The normalized spacial score (nSPS) is 10.3. The lowest BCUT2D eigenvalue weighted by Crippen LogP contribution is -2.31. The van der Waals surface area contributed by atoms with E-state index in [1.165, 1.54) is 31.4 Å². The van der Waals surface area contributed by atoms with E-state index in [4.69, 9.17) is 21.1 Å². The Labute approximate surface area is 126 Å². The Kier molecular flexibility index (Phi) is 5.06. The number of hydrogen-bond acceptors (Lipinski definition) is 4. The van der Waals surface area contributed by atoms with Crippen molar-refractivity contribution >= 4 is 24.2 Å². The molecule has 0 bridgehead atoms. The standard InChI is InChI=1S/C14H13BClFO4/c1-20-9-5-6-14(11(7-9)15(18)19)21-8-10-12(16)3-2-4-13(10)17/h2-7,18-19H,8H2,1H3. The summed E-state index contributed by atoms with van der Waals surface area (Å²) < 4.78 is 24.1. The van der Waals surface area contributed by atoms with E-state index in [1.54, 1.807) is 12.1 Å². The molecule has 0 radical (unpaired) electrons. The van der Waals surface area contributed by atoms with Gasteiger partial charge in [-0.3, -0.25) is 0 Å². The molecule has 0 spiro atoms. The van der Waals surface area contributed by atoms with Crippen LogP contribution in [-0.2, 0) is 6.61 Å². The van der Waals surface area contributed by atoms with E-state index in [2.05, 4.69) is 0 Å². The smallest absolute Gasteiger partial charge is 0.492 e. The first-order valence-corrected chi connectivity index (χ1v) is 6.50. The largest absolute Gasteiger partial charge is 0.497 e. The van der Waals surface area contributed by atoms with Crippen LogP contribution in [0.5, 0.6) is 11.5 Å². The molecule has 0 saturated carbocycles. The van der Waals surface area contributed by atoms with Crippen LogP contribution in [0.4, 0.5) is 4.39 Å². The summed E-state index contributed by atoms with van der Waals surface area (Å²) in [6.45, 7) is -0.127. The van der Waals surface area contributed by atoms with E-state index >= 15 is 0 Å². The van der Waals surface area contributed by atoms with Gasteiger partial charge in [-0.15, -0.1) is 0 Å². The second kappa shape index (κ2) is 6.80. The van der Waals surface area contributed by atoms with Gasteiger partial charge in [0.05, 0.1) is 12.1 Å². The number of methoxy groups -OCH3 is 1. The van der Waals surface area contributed by atoms with Crippen molar-refractivity contribution in [3.05, 3.63) is 52.8 Å². The van der Waals surface area contributed by atoms with Gasteiger partial charge in [-0.2, -0.15) is 0 Å². The van der Waals surface area contributed by atoms with Gasteiger partial charge >= 0.3 is 7.12 Å². The molecule has 2 rings (SSSR count). The monoisotopic (exact) mass is 310 g/mol. The molecule has 0 aliphatic carbocycles. The summed E-state index contributed by atoms with van der Waals surface area (Å²) in [5.74, 6) is 0.182. The molecule has 110 valence electrons. The van der Waals surface area contributed by atoms with Crippen LogP contribution in [0, 0.1) is 5.82 Å². The van der Waals surface area contributed by atoms with Gasteiger partial charge in [0.2, 0.25) is 0 Å². The highest BCUT2D eigenvalue weighted by Gasteiger charge is 2.19. The zero-order valence-electron chi connectivity index (χ0n) is 11.2. The fraction of sp³-hybridized carbons (Fsp3) is 0.143. The predicted molar refractivity (Wildman–Crippen MR) is 78.6 cm³/mol. The molecule has 2 aromatic carbocycles. The first kappa shape index (κ1) is 15.6. The first-order chi connectivity index (χ1) is 10.0. The van der Waals surface area contributed by atoms with Crippen molar-refractivity contribution in [2.75, 3.05) is 7.11 Å². The van der Waals surface area contributed by atoms with Gasteiger partial charge in [0.1, 0.15) is 23.9 Å². The van der Waals surface area contributed by atoms with Gasteiger partial charge in [-0.25, -0.2) is 4.39 Å². The quantitative estimate of drug-likeness (QED) is 0.826. The van der Waals surface area contributed by atoms with Crippen molar-refractivity contribution in [2.24, 2.45) is 0 Å². The first-order valence-electron chi connectivity index (χ1n) is 6.12. The Hall–Kier alpha value is -1.76. The third-order valence-corrected chi connectivity index (χ3v) is 3.28. The fourth-order valence-electron chi connectivity index (χ4n) is 1.81. The highest BCUT2D eigenvalue weighted by Crippen LogP contribution is 2.22. The van der Waals surface area contributed by atoms with Crippen LogP contribution in [0.3, 0.4) is 0 Å². The lowest BCUT2D eigenvalue weighted by Gasteiger charge is -2.13. The van der Waals surface area contributed by atoms with Crippen LogP contribution in [0.2, 0.25) is 5.02 Å². The van der Waals surface area contributed by atoms with Gasteiger partial charge < -0.3 is 19.5 Å². The average Bonchev–Trinajstić information content (AvgIpc) is 2.46. The van der Waals surface area contributed by atoms with E-state index in [1.807, 2.05) is 0 Å². The lowest BCUT2D eigenvalue weighted by molar-refractivity contribution is 0.300. The van der Waals surface area contributed by atoms with Gasteiger partial charge in [0, 0.05) is 11.0 Å². The average molecular weight is 311 g/mol. The molecule has 21 heavy (non-hydrogen) atoms. The number of rotatable bonds is 5. The lowest BCUT2D eigenvalue weighted by atomic mass is 9.79. The predicted octanol–water partition coefficient (Wildman–Crippen LogP) is 1.75. The zero-order valence-corrected chi connectivity index (χ0v) is 12.0. The van der Waals surface area contributed by atoms with Crippen molar-refractivity contribution in [3.8, 4) is 11.5 Å². The Bertz CT molecular complexity index is 616. The molecule has 2 aromatic rings. The highest BCUT2D eigenvalue weighted by atomic mass is 35.5. The maximum absolute atomic E-state index is 13.6. The molecule has 0 fully saturated rings. The van der Waals surface area contributed by atoms with Gasteiger partial charge in [0.15, 0.2) is 0 Å². The molecule has 0 heterocycles. The Morgan fingerprint density at radius 1 is 1.24 bits per heavy atom. The van der Waals surface area contributed by atoms with E-state index in [9.17, 15) is 14.4 Å². The minimum Gasteiger partial charge on any atom is -0.497 e. The minimum absolute atomic E-state index is 0.127. The highest BCUT2D eigenvalue weighted by molar-refractivity contribution is 6.59. The second-order valence-corrected chi connectivity index (χ2v) is 4.67. The summed E-state index contributed by atoms with van der Waals surface area (Å²) in [6, 6.07) is 8.88. The Morgan fingerprint density at radius 3 is 2.62 bits per heavy atom. The summed E-state index contributed by atoms with van der Waals surface area (Å²) in [5.41, 5.74) is 0.329. The molecule has 0 aliphatic rings. The molecule has 2 N–H and O–H groups in total. The number of halogens is 2. The Balaban J connectivity index is 2.24. The molecule has 0 atom stereocenters.